The highest BCUT2D eigenvalue weighted by Gasteiger charge is 2.29. The number of aryl methyl sites for hydroxylation is 2. The standard InChI is InChI=1S/C21H19F3N4O2/c1-11-13(4-5-18(25-11)30-3)21(29)28-7-6-14-17(10-28)26-27(2)20(14)12-8-15(22)19(24)16(23)9-12/h4-5,8-9H,6-7,10H2,1-3H3. The number of hydrogen-bond acceptors (Lipinski definition) is 4. The van der Waals surface area contributed by atoms with Gasteiger partial charge in [0.25, 0.3) is 5.91 Å². The smallest absolute Gasteiger partial charge is 0.256 e. The number of carbonyl (C=O) groups is 1. The minimum absolute atomic E-state index is 0.181. The fourth-order valence-electron chi connectivity index (χ4n) is 3.79. The lowest BCUT2D eigenvalue weighted by atomic mass is 9.99. The summed E-state index contributed by atoms with van der Waals surface area (Å²) in [5.74, 6) is -3.77. The molecule has 2 aromatic heterocycles. The molecule has 0 bridgehead atoms. The predicted molar refractivity (Wildman–Crippen MR) is 102 cm³/mol. The van der Waals surface area contributed by atoms with Crippen molar-refractivity contribution in [2.24, 2.45) is 7.05 Å². The fraction of sp³-hybridized carbons (Fsp3) is 0.286. The summed E-state index contributed by atoms with van der Waals surface area (Å²) in [5.41, 5.74) is 3.17. The third-order valence-corrected chi connectivity index (χ3v) is 5.25. The fourth-order valence-corrected chi connectivity index (χ4v) is 3.79. The Kier molecular flexibility index (Phi) is 4.97. The lowest BCUT2D eigenvalue weighted by Crippen LogP contribution is -2.36. The average Bonchev–Trinajstić information content (AvgIpc) is 3.05. The van der Waals surface area contributed by atoms with Crippen molar-refractivity contribution < 1.29 is 22.7 Å². The molecule has 6 nitrogen and oxygen atoms in total. The van der Waals surface area contributed by atoms with Gasteiger partial charge < -0.3 is 9.64 Å². The molecule has 3 heterocycles. The summed E-state index contributed by atoms with van der Waals surface area (Å²) in [7, 11) is 3.16. The van der Waals surface area contributed by atoms with E-state index in [1.807, 2.05) is 0 Å². The molecular formula is C21H19F3N4O2. The van der Waals surface area contributed by atoms with Crippen molar-refractivity contribution in [3.8, 4) is 17.1 Å². The predicted octanol–water partition coefficient (Wildman–Crippen LogP) is 3.41. The molecule has 1 aliphatic heterocycles. The van der Waals surface area contributed by atoms with Gasteiger partial charge in [0, 0.05) is 30.8 Å². The van der Waals surface area contributed by atoms with E-state index in [1.54, 1.807) is 31.0 Å². The van der Waals surface area contributed by atoms with Crippen molar-refractivity contribution in [2.45, 2.75) is 19.9 Å². The first-order chi connectivity index (χ1) is 14.3. The van der Waals surface area contributed by atoms with Crippen molar-refractivity contribution in [3.05, 3.63) is 64.2 Å². The number of aromatic nitrogens is 3. The summed E-state index contributed by atoms with van der Waals surface area (Å²) in [4.78, 5) is 18.9. The maximum Gasteiger partial charge on any atom is 0.256 e. The van der Waals surface area contributed by atoms with Gasteiger partial charge in [-0.1, -0.05) is 0 Å². The second-order valence-electron chi connectivity index (χ2n) is 7.11. The first-order valence-electron chi connectivity index (χ1n) is 9.30. The third-order valence-electron chi connectivity index (χ3n) is 5.25. The van der Waals surface area contributed by atoms with Crippen LogP contribution >= 0.6 is 0 Å². The van der Waals surface area contributed by atoms with Crippen LogP contribution in [0.3, 0.4) is 0 Å². The Bertz CT molecular complexity index is 1140. The van der Waals surface area contributed by atoms with Gasteiger partial charge in [-0.2, -0.15) is 5.10 Å². The Morgan fingerprint density at radius 3 is 2.50 bits per heavy atom. The summed E-state index contributed by atoms with van der Waals surface area (Å²) < 4.78 is 47.4. The number of pyridine rings is 1. The highest BCUT2D eigenvalue weighted by atomic mass is 19.2. The van der Waals surface area contributed by atoms with Crippen LogP contribution in [0.25, 0.3) is 11.3 Å². The zero-order valence-corrected chi connectivity index (χ0v) is 16.7. The van der Waals surface area contributed by atoms with Gasteiger partial charge in [-0.3, -0.25) is 9.48 Å². The highest BCUT2D eigenvalue weighted by molar-refractivity contribution is 5.95. The van der Waals surface area contributed by atoms with Crippen molar-refractivity contribution in [3.63, 3.8) is 0 Å². The Balaban J connectivity index is 1.65. The van der Waals surface area contributed by atoms with E-state index in [9.17, 15) is 18.0 Å². The van der Waals surface area contributed by atoms with E-state index >= 15 is 0 Å². The third kappa shape index (κ3) is 3.30. The van der Waals surface area contributed by atoms with E-state index in [1.165, 1.54) is 11.8 Å². The van der Waals surface area contributed by atoms with Crippen LogP contribution < -0.4 is 4.74 Å². The molecule has 1 amide bonds. The molecular weight excluding hydrogens is 397 g/mol. The van der Waals surface area contributed by atoms with Gasteiger partial charge in [0.2, 0.25) is 5.88 Å². The SMILES string of the molecule is COc1ccc(C(=O)N2CCc3c(nn(C)c3-c3cc(F)c(F)c(F)c3)C2)c(C)n1. The Morgan fingerprint density at radius 1 is 1.17 bits per heavy atom. The summed E-state index contributed by atoms with van der Waals surface area (Å²) in [6, 6.07) is 5.22. The number of hydrogen-bond donors (Lipinski definition) is 0. The molecule has 0 aliphatic carbocycles. The van der Waals surface area contributed by atoms with Gasteiger partial charge in [0.05, 0.1) is 36.3 Å². The van der Waals surface area contributed by atoms with E-state index in [0.717, 1.165) is 17.7 Å². The molecule has 3 aromatic rings. The van der Waals surface area contributed by atoms with Crippen LogP contribution in [0, 0.1) is 24.4 Å². The molecule has 0 spiro atoms. The number of nitrogens with zero attached hydrogens (tertiary/aromatic N) is 4. The zero-order chi connectivity index (χ0) is 21.6. The van der Waals surface area contributed by atoms with E-state index < -0.39 is 17.5 Å². The van der Waals surface area contributed by atoms with Crippen molar-refractivity contribution in [1.29, 1.82) is 0 Å². The van der Waals surface area contributed by atoms with E-state index in [2.05, 4.69) is 10.1 Å². The Hall–Kier alpha value is -3.36. The quantitative estimate of drug-likeness (QED) is 0.614. The largest absolute Gasteiger partial charge is 0.481 e. The van der Waals surface area contributed by atoms with Crippen LogP contribution in [0.15, 0.2) is 24.3 Å². The number of fused-ring (bicyclic) bond motifs is 1. The normalized spacial score (nSPS) is 13.3. The first-order valence-corrected chi connectivity index (χ1v) is 9.30. The van der Waals surface area contributed by atoms with Crippen LogP contribution in [0.5, 0.6) is 5.88 Å². The maximum absolute atomic E-state index is 13.7. The molecule has 0 saturated carbocycles. The number of rotatable bonds is 3. The van der Waals surface area contributed by atoms with Crippen LogP contribution in [-0.4, -0.2) is 39.2 Å². The molecule has 1 aliphatic rings. The molecule has 0 saturated heterocycles. The Labute approximate surface area is 170 Å². The van der Waals surface area contributed by atoms with Gasteiger partial charge in [0.1, 0.15) is 0 Å². The van der Waals surface area contributed by atoms with Crippen molar-refractivity contribution in [1.82, 2.24) is 19.7 Å². The lowest BCUT2D eigenvalue weighted by molar-refractivity contribution is 0.0731. The molecule has 0 fully saturated rings. The van der Waals surface area contributed by atoms with Crippen LogP contribution in [0.4, 0.5) is 13.2 Å². The number of amides is 1. The topological polar surface area (TPSA) is 60.2 Å². The molecule has 0 unspecified atom stereocenters. The number of halogens is 3. The molecule has 9 heteroatoms. The molecule has 156 valence electrons. The average molecular weight is 416 g/mol. The maximum atomic E-state index is 13.7. The van der Waals surface area contributed by atoms with Crippen molar-refractivity contribution >= 4 is 5.91 Å². The van der Waals surface area contributed by atoms with Gasteiger partial charge in [-0.25, -0.2) is 18.2 Å². The van der Waals surface area contributed by atoms with E-state index in [0.29, 0.717) is 41.5 Å². The minimum Gasteiger partial charge on any atom is -0.481 e. The van der Waals surface area contributed by atoms with Gasteiger partial charge in [0.15, 0.2) is 17.5 Å². The van der Waals surface area contributed by atoms with Gasteiger partial charge in [-0.05, 0) is 31.5 Å². The van der Waals surface area contributed by atoms with Crippen LogP contribution in [0.1, 0.15) is 27.3 Å². The second-order valence-corrected chi connectivity index (χ2v) is 7.11. The summed E-state index contributed by atoms with van der Waals surface area (Å²) in [6.45, 7) is 2.39. The molecule has 0 radical (unpaired) electrons. The van der Waals surface area contributed by atoms with Gasteiger partial charge in [-0.15, -0.1) is 0 Å². The van der Waals surface area contributed by atoms with Crippen LogP contribution in [0.2, 0.25) is 0 Å². The molecule has 30 heavy (non-hydrogen) atoms. The summed E-state index contributed by atoms with van der Waals surface area (Å²) >= 11 is 0. The van der Waals surface area contributed by atoms with E-state index in [4.69, 9.17) is 4.74 Å². The number of carbonyl (C=O) groups excluding carboxylic acids is 1. The minimum atomic E-state index is -1.50. The van der Waals surface area contributed by atoms with Crippen LogP contribution in [-0.2, 0) is 20.0 Å². The second kappa shape index (κ2) is 7.47. The molecule has 0 N–H and O–H groups in total. The lowest BCUT2D eigenvalue weighted by Gasteiger charge is -2.27. The first kappa shape index (κ1) is 19.9. The monoisotopic (exact) mass is 416 g/mol. The van der Waals surface area contributed by atoms with Crippen molar-refractivity contribution in [2.75, 3.05) is 13.7 Å². The summed E-state index contributed by atoms with van der Waals surface area (Å²) in [5, 5.41) is 4.43. The number of methoxy groups -OCH3 is 1. The molecule has 4 rings (SSSR count). The van der Waals surface area contributed by atoms with Gasteiger partial charge >= 0.3 is 0 Å². The van der Waals surface area contributed by atoms with E-state index in [-0.39, 0.29) is 18.0 Å². The Morgan fingerprint density at radius 2 is 1.87 bits per heavy atom. The molecule has 0 atom stereocenters. The summed E-state index contributed by atoms with van der Waals surface area (Å²) in [6.07, 6.45) is 0.452. The highest BCUT2D eigenvalue weighted by Crippen LogP contribution is 2.32. The number of benzene rings is 1. The molecule has 1 aromatic carbocycles. The zero-order valence-electron chi connectivity index (χ0n) is 16.7. The number of ether oxygens (including phenoxy) is 1.